The van der Waals surface area contributed by atoms with Crippen LogP contribution in [0.15, 0.2) is 42.6 Å². The van der Waals surface area contributed by atoms with Gasteiger partial charge in [0.25, 0.3) is 11.8 Å². The summed E-state index contributed by atoms with van der Waals surface area (Å²) in [6, 6.07) is 12.0. The first-order valence-corrected chi connectivity index (χ1v) is 11.9. The Hall–Kier alpha value is -2.67. The van der Waals surface area contributed by atoms with Crippen molar-refractivity contribution in [2.75, 3.05) is 19.7 Å². The number of ether oxygens (including phenoxy) is 1. The second-order valence-corrected chi connectivity index (χ2v) is 9.34. The van der Waals surface area contributed by atoms with Crippen molar-refractivity contribution in [3.8, 4) is 0 Å². The Morgan fingerprint density at radius 3 is 2.50 bits per heavy atom. The monoisotopic (exact) mass is 436 g/mol. The molecule has 32 heavy (non-hydrogen) atoms. The third kappa shape index (κ3) is 4.18. The average Bonchev–Trinajstić information content (AvgIpc) is 3.54. The predicted octanol–water partition coefficient (Wildman–Crippen LogP) is 3.36. The summed E-state index contributed by atoms with van der Waals surface area (Å²) in [6.07, 6.45) is 7.39. The number of piperidine rings is 1. The van der Waals surface area contributed by atoms with E-state index >= 15 is 0 Å². The van der Waals surface area contributed by atoms with Crippen molar-refractivity contribution in [1.82, 2.24) is 19.6 Å². The molecule has 2 saturated heterocycles. The topological polar surface area (TPSA) is 67.7 Å². The number of aryl methyl sites for hydroxylation is 1. The Morgan fingerprint density at radius 2 is 1.84 bits per heavy atom. The van der Waals surface area contributed by atoms with Crippen LogP contribution >= 0.6 is 0 Å². The molecular formula is C25H32N4O3. The molecule has 1 spiro atoms. The Morgan fingerprint density at radius 1 is 1.09 bits per heavy atom. The largest absolute Gasteiger partial charge is 0.375 e. The Labute approximate surface area is 189 Å². The average molecular weight is 437 g/mol. The van der Waals surface area contributed by atoms with Crippen LogP contribution in [0.5, 0.6) is 0 Å². The lowest BCUT2D eigenvalue weighted by atomic mass is 9.81. The first kappa shape index (κ1) is 21.2. The molecule has 1 saturated carbocycles. The summed E-state index contributed by atoms with van der Waals surface area (Å²) in [5.74, 6) is 0.146. The lowest BCUT2D eigenvalue weighted by Gasteiger charge is -2.48. The molecule has 1 atom stereocenters. The normalized spacial score (nSPS) is 22.7. The van der Waals surface area contributed by atoms with Crippen molar-refractivity contribution in [3.05, 3.63) is 53.9 Å². The molecule has 0 radical (unpaired) electrons. The molecule has 2 aromatic rings. The highest BCUT2D eigenvalue weighted by atomic mass is 16.5. The van der Waals surface area contributed by atoms with E-state index in [1.165, 1.54) is 0 Å². The van der Waals surface area contributed by atoms with Crippen LogP contribution < -0.4 is 0 Å². The van der Waals surface area contributed by atoms with Gasteiger partial charge in [-0.3, -0.25) is 14.3 Å². The summed E-state index contributed by atoms with van der Waals surface area (Å²) in [5, 5.41) is 4.37. The van der Waals surface area contributed by atoms with E-state index in [0.29, 0.717) is 31.4 Å². The van der Waals surface area contributed by atoms with Gasteiger partial charge in [0, 0.05) is 50.1 Å². The number of amides is 2. The molecule has 170 valence electrons. The summed E-state index contributed by atoms with van der Waals surface area (Å²) in [5.41, 5.74) is 1.04. The van der Waals surface area contributed by atoms with Crippen LogP contribution in [0.4, 0.5) is 0 Å². The van der Waals surface area contributed by atoms with Crippen molar-refractivity contribution < 1.29 is 14.3 Å². The van der Waals surface area contributed by atoms with Crippen molar-refractivity contribution in [1.29, 1.82) is 0 Å². The van der Waals surface area contributed by atoms with E-state index in [-0.39, 0.29) is 23.5 Å². The Bertz CT molecular complexity index is 961. The van der Waals surface area contributed by atoms with Crippen molar-refractivity contribution >= 4 is 11.8 Å². The van der Waals surface area contributed by atoms with E-state index in [4.69, 9.17) is 4.74 Å². The number of carbonyl (C=O) groups is 2. The maximum absolute atomic E-state index is 13.3. The lowest BCUT2D eigenvalue weighted by Crippen LogP contribution is -2.55. The van der Waals surface area contributed by atoms with E-state index in [2.05, 4.69) is 10.00 Å². The molecule has 0 bridgehead atoms. The predicted molar refractivity (Wildman–Crippen MR) is 120 cm³/mol. The molecule has 1 aromatic carbocycles. The Balaban J connectivity index is 1.25. The fourth-order valence-electron chi connectivity index (χ4n) is 5.23. The van der Waals surface area contributed by atoms with Gasteiger partial charge in [-0.15, -0.1) is 0 Å². The molecule has 2 aliphatic heterocycles. The highest BCUT2D eigenvalue weighted by molar-refractivity contribution is 5.95. The number of carbonyl (C=O) groups excluding carboxylic acids is 2. The molecule has 7 heteroatoms. The molecule has 0 N–H and O–H groups in total. The van der Waals surface area contributed by atoms with E-state index in [1.54, 1.807) is 10.7 Å². The van der Waals surface area contributed by atoms with Gasteiger partial charge in [-0.05, 0) is 63.6 Å². The summed E-state index contributed by atoms with van der Waals surface area (Å²) in [6.45, 7) is 4.77. The van der Waals surface area contributed by atoms with Gasteiger partial charge in [0.05, 0.1) is 5.60 Å². The van der Waals surface area contributed by atoms with Gasteiger partial charge in [-0.25, -0.2) is 0 Å². The van der Waals surface area contributed by atoms with Crippen LogP contribution in [0.1, 0.15) is 66.3 Å². The molecule has 3 aliphatic rings. The number of benzene rings is 1. The molecule has 7 nitrogen and oxygen atoms in total. The van der Waals surface area contributed by atoms with Crippen molar-refractivity contribution in [3.63, 3.8) is 0 Å². The van der Waals surface area contributed by atoms with E-state index in [9.17, 15) is 9.59 Å². The zero-order valence-electron chi connectivity index (χ0n) is 18.8. The van der Waals surface area contributed by atoms with Gasteiger partial charge in [0.15, 0.2) is 0 Å². The molecule has 2 amide bonds. The van der Waals surface area contributed by atoms with Crippen LogP contribution in [0.2, 0.25) is 0 Å². The zero-order chi connectivity index (χ0) is 22.1. The summed E-state index contributed by atoms with van der Waals surface area (Å²) >= 11 is 0. The van der Waals surface area contributed by atoms with Crippen LogP contribution in [0.25, 0.3) is 0 Å². The van der Waals surface area contributed by atoms with Crippen molar-refractivity contribution in [2.45, 2.75) is 69.7 Å². The fraction of sp³-hybridized carbons (Fsp3) is 0.560. The number of aromatic nitrogens is 2. The maximum Gasteiger partial charge on any atom is 0.274 e. The molecule has 5 rings (SSSR count). The lowest BCUT2D eigenvalue weighted by molar-refractivity contribution is -0.126. The van der Waals surface area contributed by atoms with Crippen LogP contribution in [-0.2, 0) is 11.3 Å². The van der Waals surface area contributed by atoms with Crippen LogP contribution in [0, 0.1) is 0 Å². The molecule has 3 fully saturated rings. The zero-order valence-corrected chi connectivity index (χ0v) is 18.8. The summed E-state index contributed by atoms with van der Waals surface area (Å²) in [7, 11) is 0. The number of rotatable bonds is 5. The summed E-state index contributed by atoms with van der Waals surface area (Å²) < 4.78 is 8.11. The van der Waals surface area contributed by atoms with Gasteiger partial charge >= 0.3 is 0 Å². The molecule has 3 heterocycles. The number of nitrogens with zero attached hydrogens (tertiary/aromatic N) is 4. The minimum atomic E-state index is -0.243. The standard InChI is InChI=1S/C25H32N4O3/c1-2-28-14-10-22(26-28)24(31)27-15-12-25(13-16-27)18-21(11-17-32-25)29(20-8-9-20)23(30)19-6-4-3-5-7-19/h3-7,10,14,20-21H,2,8-9,11-13,15-18H2,1H3/t21-/m0/s1. The van der Waals surface area contributed by atoms with Gasteiger partial charge in [-0.2, -0.15) is 5.10 Å². The third-order valence-electron chi connectivity index (χ3n) is 7.20. The molecule has 1 aromatic heterocycles. The molecular weight excluding hydrogens is 404 g/mol. The third-order valence-corrected chi connectivity index (χ3v) is 7.20. The van der Waals surface area contributed by atoms with E-state index in [1.807, 2.05) is 48.4 Å². The van der Waals surface area contributed by atoms with E-state index < -0.39 is 0 Å². The maximum atomic E-state index is 13.3. The molecule has 0 unspecified atom stereocenters. The fourth-order valence-corrected chi connectivity index (χ4v) is 5.23. The number of likely N-dealkylation sites (tertiary alicyclic amines) is 1. The van der Waals surface area contributed by atoms with Gasteiger partial charge in [-0.1, -0.05) is 18.2 Å². The van der Waals surface area contributed by atoms with E-state index in [0.717, 1.165) is 50.6 Å². The second-order valence-electron chi connectivity index (χ2n) is 9.34. The van der Waals surface area contributed by atoms with Gasteiger partial charge < -0.3 is 14.5 Å². The Kier molecular flexibility index (Phi) is 5.76. The SMILES string of the molecule is CCn1ccc(C(=O)N2CCC3(CC2)C[C@@H](N(C(=O)c2ccccc2)C2CC2)CCO3)n1. The number of hydrogen-bond acceptors (Lipinski definition) is 4. The van der Waals surface area contributed by atoms with Crippen LogP contribution in [-0.4, -0.2) is 68.8 Å². The smallest absolute Gasteiger partial charge is 0.274 e. The van der Waals surface area contributed by atoms with Gasteiger partial charge in [0.1, 0.15) is 5.69 Å². The minimum absolute atomic E-state index is 0.00160. The first-order chi connectivity index (χ1) is 15.6. The quantitative estimate of drug-likeness (QED) is 0.721. The van der Waals surface area contributed by atoms with Crippen LogP contribution in [0.3, 0.4) is 0 Å². The van der Waals surface area contributed by atoms with Crippen molar-refractivity contribution in [2.24, 2.45) is 0 Å². The summed E-state index contributed by atoms with van der Waals surface area (Å²) in [4.78, 5) is 30.3. The molecule has 1 aliphatic carbocycles. The number of hydrogen-bond donors (Lipinski definition) is 0. The first-order valence-electron chi connectivity index (χ1n) is 11.9. The highest BCUT2D eigenvalue weighted by Gasteiger charge is 2.46. The van der Waals surface area contributed by atoms with Gasteiger partial charge in [0.2, 0.25) is 0 Å². The minimum Gasteiger partial charge on any atom is -0.375 e. The second kappa shape index (κ2) is 8.70. The highest BCUT2D eigenvalue weighted by Crippen LogP contribution is 2.40.